The van der Waals surface area contributed by atoms with Gasteiger partial charge in [0.05, 0.1) is 23.5 Å². The summed E-state index contributed by atoms with van der Waals surface area (Å²) in [6.07, 6.45) is 18.0. The van der Waals surface area contributed by atoms with Crippen LogP contribution in [0.5, 0.6) is 34.5 Å². The second-order valence-corrected chi connectivity index (χ2v) is 26.7. The first-order valence-electron chi connectivity index (χ1n) is 32.3. The van der Waals surface area contributed by atoms with E-state index >= 15 is 0 Å². The Hall–Kier alpha value is -7.56. The second-order valence-electron chi connectivity index (χ2n) is 26.7. The van der Waals surface area contributed by atoms with Gasteiger partial charge in [-0.15, -0.1) is 0 Å². The molecule has 4 aliphatic heterocycles. The van der Waals surface area contributed by atoms with Crippen molar-refractivity contribution in [1.29, 1.82) is 0 Å². The Morgan fingerprint density at radius 3 is 1.77 bits per heavy atom. The summed E-state index contributed by atoms with van der Waals surface area (Å²) in [5.74, 6) is 3.09. The van der Waals surface area contributed by atoms with Crippen LogP contribution in [0.25, 0.3) is 0 Å². The second kappa shape index (κ2) is 27.3. The van der Waals surface area contributed by atoms with E-state index in [9.17, 15) is 27.2 Å². The molecule has 4 saturated carbocycles. The summed E-state index contributed by atoms with van der Waals surface area (Å²) in [4.78, 5) is 61.8. The van der Waals surface area contributed by atoms with E-state index in [1.165, 1.54) is 54.1 Å². The SMILES string of the molecule is CC.CC(C)N(C(=O)c1cc(F)ccc1Oc1cncnc1N1CC2(CC(Oc3ccnc4c3CN(C)CC4)C2)C1)C1CC(C)(F)C1.CC(C)N(C)C1CC(F)C1.O=Cc1cc(F)ccc1Oc1cncnc1N1CC2(CC(Oc3ccnc4c3CNCC4)C2)C1. The fourth-order valence-corrected chi connectivity index (χ4v) is 14.1. The third kappa shape index (κ3) is 14.4. The summed E-state index contributed by atoms with van der Waals surface area (Å²) < 4.78 is 79.7. The maximum atomic E-state index is 14.5. The Morgan fingerprint density at radius 1 is 0.692 bits per heavy atom. The van der Waals surface area contributed by atoms with E-state index in [4.69, 9.17) is 18.9 Å². The molecule has 2 aromatic carbocycles. The minimum Gasteiger partial charge on any atom is -0.490 e. The molecule has 14 rings (SSSR count). The summed E-state index contributed by atoms with van der Waals surface area (Å²) >= 11 is 0. The lowest BCUT2D eigenvalue weighted by Crippen LogP contribution is -2.65. The molecule has 0 atom stereocenters. The van der Waals surface area contributed by atoms with Crippen LogP contribution in [-0.4, -0.2) is 158 Å². The number of benzene rings is 2. The first kappa shape index (κ1) is 65.0. The Kier molecular flexibility index (Phi) is 19.5. The smallest absolute Gasteiger partial charge is 0.258 e. The predicted octanol–water partition coefficient (Wildman–Crippen LogP) is 11.7. The van der Waals surface area contributed by atoms with Crippen molar-refractivity contribution in [3.63, 3.8) is 0 Å². The highest BCUT2D eigenvalue weighted by atomic mass is 19.1. The maximum Gasteiger partial charge on any atom is 0.258 e. The molecule has 18 nitrogen and oxygen atoms in total. The van der Waals surface area contributed by atoms with Crippen LogP contribution in [0.3, 0.4) is 0 Å². The molecule has 2 spiro atoms. The number of alkyl halides is 2. The molecule has 2 saturated heterocycles. The Morgan fingerprint density at radius 2 is 1.23 bits per heavy atom. The lowest BCUT2D eigenvalue weighted by atomic mass is 9.61. The van der Waals surface area contributed by atoms with Crippen LogP contribution in [-0.2, 0) is 25.9 Å². The van der Waals surface area contributed by atoms with E-state index in [0.29, 0.717) is 41.5 Å². The summed E-state index contributed by atoms with van der Waals surface area (Å²) in [6, 6.07) is 12.3. The van der Waals surface area contributed by atoms with Crippen LogP contribution >= 0.6 is 0 Å². The summed E-state index contributed by atoms with van der Waals surface area (Å²) in [5, 5.41) is 3.40. The zero-order valence-electron chi connectivity index (χ0n) is 53.8. The number of amides is 1. The fraction of sp³-hybridized carbons (Fsp3) is 0.536. The number of carbonyl (C=O) groups excluding carboxylic acids is 2. The van der Waals surface area contributed by atoms with Crippen LogP contribution in [0.15, 0.2) is 86.0 Å². The van der Waals surface area contributed by atoms with Gasteiger partial charge in [-0.1, -0.05) is 13.8 Å². The predicted molar refractivity (Wildman–Crippen MR) is 339 cm³/mol. The highest BCUT2D eigenvalue weighted by Gasteiger charge is 2.56. The number of rotatable bonds is 16. The molecule has 91 heavy (non-hydrogen) atoms. The zero-order valence-corrected chi connectivity index (χ0v) is 53.8. The van der Waals surface area contributed by atoms with Crippen molar-refractivity contribution in [3.8, 4) is 34.5 Å². The summed E-state index contributed by atoms with van der Waals surface area (Å²) in [7, 11) is 4.19. The Bertz CT molecular complexity index is 3520. The molecule has 6 fully saturated rings. The van der Waals surface area contributed by atoms with Gasteiger partial charge in [0.1, 0.15) is 71.3 Å². The molecule has 486 valence electrons. The number of anilines is 2. The number of halogens is 4. The van der Waals surface area contributed by atoms with Crippen molar-refractivity contribution >= 4 is 23.8 Å². The van der Waals surface area contributed by atoms with Gasteiger partial charge < -0.3 is 48.8 Å². The van der Waals surface area contributed by atoms with Crippen molar-refractivity contribution < 1.29 is 46.1 Å². The summed E-state index contributed by atoms with van der Waals surface area (Å²) in [6.45, 7) is 20.5. The van der Waals surface area contributed by atoms with Gasteiger partial charge in [0, 0.05) is 148 Å². The van der Waals surface area contributed by atoms with Gasteiger partial charge in [-0.05, 0) is 136 Å². The first-order valence-corrected chi connectivity index (χ1v) is 32.3. The van der Waals surface area contributed by atoms with E-state index in [2.05, 4.69) is 82.8 Å². The lowest BCUT2D eigenvalue weighted by Gasteiger charge is -2.59. The monoisotopic (exact) mass is 1250 g/mol. The van der Waals surface area contributed by atoms with Gasteiger partial charge in [-0.25, -0.2) is 37.5 Å². The minimum absolute atomic E-state index is 0.0921. The number of hydrogen-bond donors (Lipinski definition) is 1. The first-order chi connectivity index (χ1) is 43.7. The molecule has 8 aliphatic rings. The number of aromatic nitrogens is 6. The molecule has 4 aromatic heterocycles. The molecule has 6 aromatic rings. The van der Waals surface area contributed by atoms with Crippen LogP contribution in [0.1, 0.15) is 143 Å². The van der Waals surface area contributed by atoms with Crippen molar-refractivity contribution in [1.82, 2.24) is 49.9 Å². The number of likely N-dealkylation sites (N-methyl/N-ethyl adjacent to an activating group) is 1. The number of nitrogens with one attached hydrogen (secondary N) is 1. The van der Waals surface area contributed by atoms with Crippen molar-refractivity contribution in [2.45, 2.75) is 174 Å². The molecule has 0 radical (unpaired) electrons. The van der Waals surface area contributed by atoms with Crippen LogP contribution < -0.4 is 34.1 Å². The van der Waals surface area contributed by atoms with E-state index in [-0.39, 0.29) is 76.5 Å². The quantitative estimate of drug-likeness (QED) is 0.0714. The molecule has 1 N–H and O–H groups in total. The van der Waals surface area contributed by atoms with Crippen LogP contribution in [0.2, 0.25) is 0 Å². The molecule has 0 bridgehead atoms. The van der Waals surface area contributed by atoms with E-state index in [0.717, 1.165) is 133 Å². The number of pyridine rings is 2. The van der Waals surface area contributed by atoms with Gasteiger partial charge >= 0.3 is 0 Å². The van der Waals surface area contributed by atoms with Gasteiger partial charge in [0.2, 0.25) is 0 Å². The Balaban J connectivity index is 0.000000162. The van der Waals surface area contributed by atoms with Crippen LogP contribution in [0.4, 0.5) is 29.2 Å². The van der Waals surface area contributed by atoms with Crippen molar-refractivity contribution in [2.75, 3.05) is 63.2 Å². The Labute approximate surface area is 531 Å². The molecular formula is C69H86F4N12O6. The molecule has 4 aliphatic carbocycles. The topological polar surface area (TPSA) is 177 Å². The van der Waals surface area contributed by atoms with Gasteiger partial charge in [-0.2, -0.15) is 0 Å². The number of carbonyl (C=O) groups is 2. The van der Waals surface area contributed by atoms with Gasteiger partial charge in [-0.3, -0.25) is 19.6 Å². The van der Waals surface area contributed by atoms with E-state index in [1.807, 2.05) is 52.2 Å². The zero-order chi connectivity index (χ0) is 64.4. The van der Waals surface area contributed by atoms with E-state index in [1.54, 1.807) is 24.2 Å². The normalized spacial score (nSPS) is 22.5. The molecule has 8 heterocycles. The number of fused-ring (bicyclic) bond motifs is 2. The standard InChI is InChI=1S/C34H40F2N6O3.C25H24FN5O3.C8H16FN.C2H6/c1-21(2)42(23-12-33(3,36)13-23)32(43)25-11-22(35)5-6-28(25)45-30-16-37-20-39-31(30)41-18-34(19-41)14-24(15-34)44-29-7-9-38-27-8-10-40(4)17-26(27)29;26-17-1-2-21(16(7-17)12-32)34-23-11-28-15-30-24(23)31-13-25(14-31)8-18(9-25)33-22-4-6-29-20-3-5-27-10-19(20)22;1-6(2)10(3)8-4-7(9)5-8;1-2/h5-7,9,11,16,20-21,23-24H,8,10,12-15,17-19H2,1-4H3;1-2,4,6-7,11-12,15,18,27H,3,5,8-10,13-14H2;6-8H,4-5H2,1-3H3;1-2H3. The third-order valence-corrected chi connectivity index (χ3v) is 19.1. The fourth-order valence-electron chi connectivity index (χ4n) is 14.1. The highest BCUT2D eigenvalue weighted by Crippen LogP contribution is 2.54. The van der Waals surface area contributed by atoms with Gasteiger partial charge in [0.25, 0.3) is 5.91 Å². The summed E-state index contributed by atoms with van der Waals surface area (Å²) in [5.41, 5.74) is 3.96. The van der Waals surface area contributed by atoms with Crippen molar-refractivity contribution in [3.05, 3.63) is 131 Å². The molecule has 1 amide bonds. The number of hydrogen-bond acceptors (Lipinski definition) is 17. The molecular weight excluding hydrogens is 1170 g/mol. The minimum atomic E-state index is -1.30. The van der Waals surface area contributed by atoms with Crippen LogP contribution in [0, 0.1) is 22.5 Å². The number of aldehydes is 1. The molecule has 22 heteroatoms. The number of ether oxygens (including phenoxy) is 4. The maximum absolute atomic E-state index is 14.5. The average Bonchev–Trinajstić information content (AvgIpc) is 0.739. The largest absolute Gasteiger partial charge is 0.490 e. The average molecular weight is 1260 g/mol. The molecule has 0 unspecified atom stereocenters. The third-order valence-electron chi connectivity index (χ3n) is 19.1. The highest BCUT2D eigenvalue weighted by molar-refractivity contribution is 5.97. The lowest BCUT2D eigenvalue weighted by molar-refractivity contribution is -0.0353. The number of nitrogens with zero attached hydrogens (tertiary/aromatic N) is 11. The van der Waals surface area contributed by atoms with E-state index < -0.39 is 23.5 Å². The van der Waals surface area contributed by atoms with Gasteiger partial charge in [0.15, 0.2) is 29.4 Å². The van der Waals surface area contributed by atoms with Crippen molar-refractivity contribution in [2.24, 2.45) is 10.8 Å².